The summed E-state index contributed by atoms with van der Waals surface area (Å²) in [5.74, 6) is -2.25. The molecule has 0 fully saturated rings. The molecule has 1 aromatic carbocycles. The van der Waals surface area contributed by atoms with Crippen molar-refractivity contribution in [1.29, 1.82) is 0 Å². The lowest BCUT2D eigenvalue weighted by Crippen LogP contribution is -2.08. The van der Waals surface area contributed by atoms with Gasteiger partial charge >= 0.3 is 9.24 Å². The molecule has 0 radical (unpaired) electrons. The summed E-state index contributed by atoms with van der Waals surface area (Å²) < 4.78 is 62.7. The highest BCUT2D eigenvalue weighted by atomic mass is 35.7. The van der Waals surface area contributed by atoms with Gasteiger partial charge in [-0.3, -0.25) is 0 Å². The first-order valence-corrected chi connectivity index (χ1v) is 8.29. The fourth-order valence-electron chi connectivity index (χ4n) is 1.13. The number of hydrogen-bond donors (Lipinski definition) is 0. The Morgan fingerprint density at radius 1 is 1.29 bits per heavy atom. The van der Waals surface area contributed by atoms with Crippen molar-refractivity contribution in [3.8, 4) is 0 Å². The number of rotatable bonds is 3. The van der Waals surface area contributed by atoms with Crippen LogP contribution in [0.3, 0.4) is 0 Å². The number of hydrogen-bond acceptors (Lipinski definition) is 3. The molecule has 0 heterocycles. The second kappa shape index (κ2) is 4.87. The van der Waals surface area contributed by atoms with Crippen molar-refractivity contribution in [1.82, 2.24) is 0 Å². The summed E-state index contributed by atoms with van der Waals surface area (Å²) in [6.45, 7) is 1.36. The summed E-state index contributed by atoms with van der Waals surface area (Å²) in [5, 5.41) is 0. The fraction of sp³-hybridized carbons (Fsp3) is 0.250. The predicted octanol–water partition coefficient (Wildman–Crippen LogP) is 2.30. The Labute approximate surface area is 102 Å². The van der Waals surface area contributed by atoms with Crippen molar-refractivity contribution in [2.45, 2.75) is 11.8 Å². The number of halogens is 3. The third-order valence-electron chi connectivity index (χ3n) is 1.84. The maximum absolute atomic E-state index is 13.4. The molecule has 17 heavy (non-hydrogen) atoms. The van der Waals surface area contributed by atoms with E-state index in [1.165, 1.54) is 6.92 Å². The van der Waals surface area contributed by atoms with Gasteiger partial charge in [0.15, 0.2) is 0 Å². The molecule has 0 saturated heterocycles. The molecule has 96 valence electrons. The largest absolute Gasteiger partial charge is 0.347 e. The quantitative estimate of drug-likeness (QED) is 0.805. The second-order valence-corrected chi connectivity index (χ2v) is 7.88. The van der Waals surface area contributed by atoms with Gasteiger partial charge in [-0.1, -0.05) is 10.7 Å². The van der Waals surface area contributed by atoms with E-state index in [-0.39, 0.29) is 5.75 Å². The molecule has 1 aromatic rings. The van der Waals surface area contributed by atoms with Gasteiger partial charge in [-0.25, -0.2) is 13.0 Å². The van der Waals surface area contributed by atoms with Crippen LogP contribution in [-0.4, -0.2) is 18.4 Å². The zero-order valence-electron chi connectivity index (χ0n) is 8.56. The van der Waals surface area contributed by atoms with Crippen LogP contribution < -0.4 is 0 Å². The molecule has 0 bridgehead atoms. The molecule has 4 nitrogen and oxygen atoms in total. The van der Waals surface area contributed by atoms with E-state index in [9.17, 15) is 21.4 Å². The number of nitrogens with zero attached hydrogens (tertiary/aromatic N) is 1. The average molecular weight is 304 g/mol. The zero-order chi connectivity index (χ0) is 13.3. The minimum Gasteiger partial charge on any atom is -0.244 e. The Hall–Kier alpha value is -0.730. The minimum absolute atomic E-state index is 0.262. The van der Waals surface area contributed by atoms with E-state index in [0.29, 0.717) is 6.07 Å². The molecule has 0 aliphatic rings. The van der Waals surface area contributed by atoms with Gasteiger partial charge in [0.1, 0.15) is 11.6 Å². The van der Waals surface area contributed by atoms with Crippen LogP contribution in [0.5, 0.6) is 0 Å². The lowest BCUT2D eigenvalue weighted by atomic mass is 10.3. The highest BCUT2D eigenvalue weighted by Gasteiger charge is 2.19. The zero-order valence-corrected chi connectivity index (χ0v) is 11.0. The van der Waals surface area contributed by atoms with E-state index in [1.807, 2.05) is 0 Å². The van der Waals surface area contributed by atoms with Gasteiger partial charge in [-0.15, -0.1) is 0 Å². The Morgan fingerprint density at radius 3 is 2.29 bits per heavy atom. The maximum Gasteiger partial charge on any atom is 0.347 e. The first kappa shape index (κ1) is 14.3. The van der Waals surface area contributed by atoms with E-state index in [2.05, 4.69) is 3.77 Å². The van der Waals surface area contributed by atoms with E-state index < -0.39 is 35.5 Å². The predicted molar refractivity (Wildman–Crippen MR) is 60.5 cm³/mol. The van der Waals surface area contributed by atoms with Crippen LogP contribution in [0.15, 0.2) is 26.9 Å². The smallest absolute Gasteiger partial charge is 0.244 e. The molecule has 1 atom stereocenters. The Morgan fingerprint density at radius 2 is 1.88 bits per heavy atom. The monoisotopic (exact) mass is 303 g/mol. The molecule has 0 aliphatic heterocycles. The van der Waals surface area contributed by atoms with Gasteiger partial charge in [0.25, 0.3) is 0 Å². The van der Waals surface area contributed by atoms with Crippen LogP contribution in [0.2, 0.25) is 0 Å². The van der Waals surface area contributed by atoms with Crippen molar-refractivity contribution in [2.24, 2.45) is 3.77 Å². The first-order valence-electron chi connectivity index (χ1n) is 4.34. The summed E-state index contributed by atoms with van der Waals surface area (Å²) in [7, 11) is -3.10. The van der Waals surface area contributed by atoms with Gasteiger partial charge in [0.05, 0.1) is 14.6 Å². The Kier molecular flexibility index (Phi) is 4.11. The van der Waals surface area contributed by atoms with E-state index in [1.54, 1.807) is 0 Å². The van der Waals surface area contributed by atoms with Gasteiger partial charge in [-0.05, 0) is 12.1 Å². The maximum atomic E-state index is 13.4. The molecule has 0 spiro atoms. The van der Waals surface area contributed by atoms with Crippen molar-refractivity contribution in [3.05, 3.63) is 29.8 Å². The lowest BCUT2D eigenvalue weighted by Gasteiger charge is -2.07. The van der Waals surface area contributed by atoms with Crippen molar-refractivity contribution >= 4 is 29.6 Å². The van der Waals surface area contributed by atoms with E-state index in [0.717, 1.165) is 12.1 Å². The van der Waals surface area contributed by atoms with Crippen LogP contribution in [0.4, 0.5) is 8.78 Å². The third-order valence-corrected chi connectivity index (χ3v) is 5.82. The van der Waals surface area contributed by atoms with Gasteiger partial charge in [-0.2, -0.15) is 8.42 Å². The number of benzene rings is 1. The van der Waals surface area contributed by atoms with E-state index in [4.69, 9.17) is 10.7 Å². The second-order valence-electron chi connectivity index (χ2n) is 2.99. The molecular formula is C8H8ClF2NO3S2. The summed E-state index contributed by atoms with van der Waals surface area (Å²) in [5.41, 5.74) is 0. The molecular weight excluding hydrogens is 296 g/mol. The fourth-order valence-corrected chi connectivity index (χ4v) is 4.79. The highest BCUT2D eigenvalue weighted by Crippen LogP contribution is 2.21. The van der Waals surface area contributed by atoms with Crippen LogP contribution in [-0.2, 0) is 19.0 Å². The van der Waals surface area contributed by atoms with Crippen molar-refractivity contribution < 1.29 is 21.4 Å². The molecule has 0 saturated carbocycles. The standard InChI is InChI=1S/C8H8ClF2NO3S2/c1-2-16(13,12-17(9,14)15)8-4-3-6(10)5-7(8)11/h3-5H,2H2,1H3/t16-/m1/s1. The molecule has 0 amide bonds. The summed E-state index contributed by atoms with van der Waals surface area (Å²) in [4.78, 5) is -0.481. The molecule has 0 unspecified atom stereocenters. The lowest BCUT2D eigenvalue weighted by molar-refractivity contribution is 0.561. The first-order chi connectivity index (χ1) is 7.68. The summed E-state index contributed by atoms with van der Waals surface area (Å²) >= 11 is 0. The van der Waals surface area contributed by atoms with Crippen LogP contribution in [0.1, 0.15) is 6.92 Å². The topological polar surface area (TPSA) is 63.6 Å². The average Bonchev–Trinajstić information content (AvgIpc) is 2.14. The van der Waals surface area contributed by atoms with Crippen LogP contribution >= 0.6 is 10.7 Å². The molecule has 0 aromatic heterocycles. The normalized spacial score (nSPS) is 15.3. The minimum atomic E-state index is -4.41. The molecule has 0 N–H and O–H groups in total. The third kappa shape index (κ3) is 3.62. The molecule has 0 aliphatic carbocycles. The summed E-state index contributed by atoms with van der Waals surface area (Å²) in [6, 6.07) is 2.26. The summed E-state index contributed by atoms with van der Waals surface area (Å²) in [6.07, 6.45) is 0. The van der Waals surface area contributed by atoms with Gasteiger partial charge < -0.3 is 0 Å². The van der Waals surface area contributed by atoms with Crippen LogP contribution in [0, 0.1) is 11.6 Å². The van der Waals surface area contributed by atoms with E-state index >= 15 is 0 Å². The van der Waals surface area contributed by atoms with Crippen molar-refractivity contribution in [2.75, 3.05) is 5.75 Å². The van der Waals surface area contributed by atoms with Crippen molar-refractivity contribution in [3.63, 3.8) is 0 Å². The Balaban J connectivity index is 3.58. The molecule has 9 heteroatoms. The van der Waals surface area contributed by atoms with Crippen LogP contribution in [0.25, 0.3) is 0 Å². The van der Waals surface area contributed by atoms with Gasteiger partial charge in [0, 0.05) is 22.5 Å². The highest BCUT2D eigenvalue weighted by molar-refractivity contribution is 8.17. The SMILES string of the molecule is CC[S@](=O)(=NS(=O)(=O)Cl)c1ccc(F)cc1F. The molecule has 1 rings (SSSR count). The Bertz CT molecular complexity index is 651. The van der Waals surface area contributed by atoms with Gasteiger partial charge in [0.2, 0.25) is 0 Å².